The molecule has 3 rings (SSSR count). The van der Waals surface area contributed by atoms with Gasteiger partial charge in [-0.15, -0.1) is 0 Å². The van der Waals surface area contributed by atoms with Crippen LogP contribution in [-0.4, -0.2) is 16.7 Å². The standard InChI is InChI=1S/C16H21N3O2/c1-3-6-19-10-18-9-14(19)16-8-13(17)12-5-4-11(20-2)7-15(12)21-16/h4-5,7,9-10,13,16H,3,6,8,17H2,1-2H3. The number of methoxy groups -OCH3 is 1. The molecular formula is C16H21N3O2. The lowest BCUT2D eigenvalue weighted by molar-refractivity contribution is 0.152. The molecule has 0 amide bonds. The van der Waals surface area contributed by atoms with E-state index in [0.717, 1.165) is 42.1 Å². The fourth-order valence-electron chi connectivity index (χ4n) is 2.82. The quantitative estimate of drug-likeness (QED) is 0.939. The largest absolute Gasteiger partial charge is 0.497 e. The van der Waals surface area contributed by atoms with E-state index in [1.807, 2.05) is 30.7 Å². The maximum atomic E-state index is 6.31. The monoisotopic (exact) mass is 287 g/mol. The van der Waals surface area contributed by atoms with Gasteiger partial charge in [0.2, 0.25) is 0 Å². The van der Waals surface area contributed by atoms with Gasteiger partial charge >= 0.3 is 0 Å². The molecule has 0 spiro atoms. The second-order valence-electron chi connectivity index (χ2n) is 5.36. The van der Waals surface area contributed by atoms with Crippen LogP contribution >= 0.6 is 0 Å². The zero-order valence-electron chi connectivity index (χ0n) is 12.5. The Labute approximate surface area is 124 Å². The molecule has 21 heavy (non-hydrogen) atoms. The Balaban J connectivity index is 1.91. The third-order valence-electron chi connectivity index (χ3n) is 3.90. The highest BCUT2D eigenvalue weighted by atomic mass is 16.5. The zero-order valence-corrected chi connectivity index (χ0v) is 12.5. The first-order chi connectivity index (χ1) is 10.2. The van der Waals surface area contributed by atoms with Crippen LogP contribution < -0.4 is 15.2 Å². The van der Waals surface area contributed by atoms with E-state index in [4.69, 9.17) is 15.2 Å². The predicted octanol–water partition coefficient (Wildman–Crippen LogP) is 2.83. The van der Waals surface area contributed by atoms with Crippen molar-refractivity contribution in [3.05, 3.63) is 42.0 Å². The first kappa shape index (κ1) is 13.9. The highest BCUT2D eigenvalue weighted by Crippen LogP contribution is 2.41. The number of benzene rings is 1. The van der Waals surface area contributed by atoms with E-state index in [9.17, 15) is 0 Å². The third-order valence-corrected chi connectivity index (χ3v) is 3.90. The number of nitrogens with two attached hydrogens (primary N) is 1. The number of aryl methyl sites for hydroxylation is 1. The Morgan fingerprint density at radius 2 is 2.33 bits per heavy atom. The molecule has 2 N–H and O–H groups in total. The molecule has 1 aromatic heterocycles. The Kier molecular flexibility index (Phi) is 3.84. The molecule has 0 fully saturated rings. The van der Waals surface area contributed by atoms with Crippen molar-refractivity contribution in [2.75, 3.05) is 7.11 Å². The van der Waals surface area contributed by atoms with Gasteiger partial charge in [-0.05, 0) is 12.5 Å². The summed E-state index contributed by atoms with van der Waals surface area (Å²) in [6.45, 7) is 3.09. The van der Waals surface area contributed by atoms with Crippen molar-refractivity contribution in [2.24, 2.45) is 5.73 Å². The zero-order chi connectivity index (χ0) is 14.8. The van der Waals surface area contributed by atoms with Crippen LogP contribution in [-0.2, 0) is 6.54 Å². The molecule has 5 heteroatoms. The Morgan fingerprint density at radius 1 is 1.48 bits per heavy atom. The summed E-state index contributed by atoms with van der Waals surface area (Å²) in [4.78, 5) is 4.25. The second kappa shape index (κ2) is 5.77. The van der Waals surface area contributed by atoms with Gasteiger partial charge in [0.05, 0.1) is 25.3 Å². The van der Waals surface area contributed by atoms with E-state index < -0.39 is 0 Å². The Morgan fingerprint density at radius 3 is 3.10 bits per heavy atom. The highest BCUT2D eigenvalue weighted by Gasteiger charge is 2.29. The topological polar surface area (TPSA) is 62.3 Å². The number of fused-ring (bicyclic) bond motifs is 1. The van der Waals surface area contributed by atoms with E-state index >= 15 is 0 Å². The summed E-state index contributed by atoms with van der Waals surface area (Å²) in [5, 5.41) is 0. The van der Waals surface area contributed by atoms with Gasteiger partial charge in [-0.3, -0.25) is 0 Å². The van der Waals surface area contributed by atoms with Crippen LogP contribution in [0.2, 0.25) is 0 Å². The number of imidazole rings is 1. The van der Waals surface area contributed by atoms with Crippen molar-refractivity contribution in [3.63, 3.8) is 0 Å². The summed E-state index contributed by atoms with van der Waals surface area (Å²) >= 11 is 0. The molecule has 0 radical (unpaired) electrons. The van der Waals surface area contributed by atoms with Gasteiger partial charge in [-0.2, -0.15) is 0 Å². The van der Waals surface area contributed by atoms with E-state index in [1.54, 1.807) is 7.11 Å². The van der Waals surface area contributed by atoms with Crippen LogP contribution in [0.25, 0.3) is 0 Å². The molecule has 0 saturated heterocycles. The molecule has 1 aliphatic heterocycles. The van der Waals surface area contributed by atoms with Crippen LogP contribution in [0.15, 0.2) is 30.7 Å². The van der Waals surface area contributed by atoms with Gasteiger partial charge in [0.15, 0.2) is 0 Å². The fraction of sp³-hybridized carbons (Fsp3) is 0.438. The van der Waals surface area contributed by atoms with Crippen molar-refractivity contribution >= 4 is 0 Å². The average Bonchev–Trinajstić information content (AvgIpc) is 2.95. The molecule has 5 nitrogen and oxygen atoms in total. The lowest BCUT2D eigenvalue weighted by atomic mass is 9.96. The van der Waals surface area contributed by atoms with Gasteiger partial charge in [0, 0.05) is 30.6 Å². The minimum atomic E-state index is -0.0614. The lowest BCUT2D eigenvalue weighted by Gasteiger charge is -2.31. The molecule has 2 atom stereocenters. The van der Waals surface area contributed by atoms with E-state index in [1.165, 1.54) is 0 Å². The molecule has 2 heterocycles. The number of hydrogen-bond acceptors (Lipinski definition) is 4. The molecule has 2 unspecified atom stereocenters. The van der Waals surface area contributed by atoms with Crippen LogP contribution in [0.5, 0.6) is 11.5 Å². The van der Waals surface area contributed by atoms with Crippen LogP contribution in [0.4, 0.5) is 0 Å². The van der Waals surface area contributed by atoms with Crippen LogP contribution in [0, 0.1) is 0 Å². The maximum Gasteiger partial charge on any atom is 0.142 e. The van der Waals surface area contributed by atoms with Crippen molar-refractivity contribution in [3.8, 4) is 11.5 Å². The minimum absolute atomic E-state index is 0.0327. The van der Waals surface area contributed by atoms with Crippen molar-refractivity contribution in [1.82, 2.24) is 9.55 Å². The summed E-state index contributed by atoms with van der Waals surface area (Å²) in [5.74, 6) is 1.59. The summed E-state index contributed by atoms with van der Waals surface area (Å²) < 4.78 is 13.6. The van der Waals surface area contributed by atoms with E-state index in [2.05, 4.69) is 16.5 Å². The van der Waals surface area contributed by atoms with Crippen molar-refractivity contribution in [1.29, 1.82) is 0 Å². The van der Waals surface area contributed by atoms with Gasteiger partial charge < -0.3 is 19.8 Å². The van der Waals surface area contributed by atoms with Gasteiger partial charge in [-0.25, -0.2) is 4.98 Å². The highest BCUT2D eigenvalue weighted by molar-refractivity contribution is 5.44. The smallest absolute Gasteiger partial charge is 0.142 e. The second-order valence-corrected chi connectivity index (χ2v) is 5.36. The van der Waals surface area contributed by atoms with Gasteiger partial charge in [-0.1, -0.05) is 13.0 Å². The average molecular weight is 287 g/mol. The maximum absolute atomic E-state index is 6.31. The molecule has 2 aromatic rings. The molecule has 1 aliphatic rings. The molecule has 0 bridgehead atoms. The third kappa shape index (κ3) is 2.61. The first-order valence-electron chi connectivity index (χ1n) is 7.33. The van der Waals surface area contributed by atoms with Crippen LogP contribution in [0.3, 0.4) is 0 Å². The van der Waals surface area contributed by atoms with Gasteiger partial charge in [0.25, 0.3) is 0 Å². The lowest BCUT2D eigenvalue weighted by Crippen LogP contribution is -2.25. The van der Waals surface area contributed by atoms with E-state index in [0.29, 0.717) is 0 Å². The summed E-state index contributed by atoms with van der Waals surface area (Å²) in [6.07, 6.45) is 5.49. The molecule has 0 saturated carbocycles. The molecule has 1 aromatic carbocycles. The van der Waals surface area contributed by atoms with E-state index in [-0.39, 0.29) is 12.1 Å². The number of ether oxygens (including phenoxy) is 2. The number of nitrogens with zero attached hydrogens (tertiary/aromatic N) is 2. The predicted molar refractivity (Wildman–Crippen MR) is 80.4 cm³/mol. The fourth-order valence-corrected chi connectivity index (χ4v) is 2.82. The molecule has 0 aliphatic carbocycles. The Bertz CT molecular complexity index is 624. The number of hydrogen-bond donors (Lipinski definition) is 1. The first-order valence-corrected chi connectivity index (χ1v) is 7.33. The molecular weight excluding hydrogens is 266 g/mol. The van der Waals surface area contributed by atoms with Crippen molar-refractivity contribution < 1.29 is 9.47 Å². The van der Waals surface area contributed by atoms with Crippen molar-refractivity contribution in [2.45, 2.75) is 38.5 Å². The summed E-state index contributed by atoms with van der Waals surface area (Å²) in [6, 6.07) is 5.78. The number of aromatic nitrogens is 2. The Hall–Kier alpha value is -2.01. The number of rotatable bonds is 4. The normalized spacial score (nSPS) is 20.7. The minimum Gasteiger partial charge on any atom is -0.497 e. The SMILES string of the molecule is CCCn1cncc1C1CC(N)c2ccc(OC)cc2O1. The van der Waals surface area contributed by atoms with Crippen LogP contribution in [0.1, 0.15) is 43.2 Å². The summed E-state index contributed by atoms with van der Waals surface area (Å²) in [5.41, 5.74) is 8.43. The summed E-state index contributed by atoms with van der Waals surface area (Å²) in [7, 11) is 1.65. The molecule has 112 valence electrons. The van der Waals surface area contributed by atoms with Gasteiger partial charge in [0.1, 0.15) is 17.6 Å².